The topological polar surface area (TPSA) is 34.1 Å². The molecule has 0 aliphatic heterocycles. The summed E-state index contributed by atoms with van der Waals surface area (Å²) in [6.45, 7) is 1.91. The van der Waals surface area contributed by atoms with Crippen LogP contribution < -0.4 is 0 Å². The molecule has 0 fully saturated rings. The molecule has 0 bridgehead atoms. The van der Waals surface area contributed by atoms with Crippen molar-refractivity contribution in [2.45, 2.75) is 11.8 Å². The Morgan fingerprint density at radius 1 is 1.13 bits per heavy atom. The van der Waals surface area contributed by atoms with Crippen molar-refractivity contribution < 1.29 is 8.42 Å². The maximum atomic E-state index is 11.3. The van der Waals surface area contributed by atoms with Crippen LogP contribution in [-0.4, -0.2) is 8.42 Å². The van der Waals surface area contributed by atoms with Gasteiger partial charge in [0.1, 0.15) is 0 Å². The largest absolute Gasteiger partial charge is 0.261 e. The Morgan fingerprint density at radius 3 is 2.53 bits per heavy atom. The van der Waals surface area contributed by atoms with Crippen LogP contribution in [0.5, 0.6) is 0 Å². The van der Waals surface area contributed by atoms with Gasteiger partial charge in [-0.15, -0.1) is 0 Å². The standard InChI is InChI=1S/C11H9ClO2S/c1-8-5-6-9-3-2-4-11(10(9)7-8)15(12,13)14/h2-7H,1H3. The average Bonchev–Trinajstić information content (AvgIpc) is 2.15. The Morgan fingerprint density at radius 2 is 1.87 bits per heavy atom. The Hall–Kier alpha value is -1.06. The molecule has 0 atom stereocenters. The van der Waals surface area contributed by atoms with E-state index in [0.29, 0.717) is 5.39 Å². The highest BCUT2D eigenvalue weighted by molar-refractivity contribution is 8.14. The van der Waals surface area contributed by atoms with Crippen LogP contribution in [0.2, 0.25) is 0 Å². The van der Waals surface area contributed by atoms with Gasteiger partial charge in [-0.1, -0.05) is 35.9 Å². The number of benzene rings is 2. The second-order valence-electron chi connectivity index (χ2n) is 3.42. The molecule has 0 spiro atoms. The molecule has 0 unspecified atom stereocenters. The number of halogens is 1. The molecule has 0 saturated carbocycles. The third-order valence-electron chi connectivity index (χ3n) is 2.26. The van der Waals surface area contributed by atoms with Crippen molar-refractivity contribution in [3.63, 3.8) is 0 Å². The zero-order valence-corrected chi connectivity index (χ0v) is 9.64. The van der Waals surface area contributed by atoms with Crippen LogP contribution in [0.4, 0.5) is 0 Å². The summed E-state index contributed by atoms with van der Waals surface area (Å²) in [5, 5.41) is 1.55. The van der Waals surface area contributed by atoms with E-state index < -0.39 is 9.05 Å². The number of aryl methyl sites for hydroxylation is 1. The van der Waals surface area contributed by atoms with Crippen molar-refractivity contribution in [1.82, 2.24) is 0 Å². The van der Waals surface area contributed by atoms with Crippen LogP contribution in [0.3, 0.4) is 0 Å². The molecular formula is C11H9ClO2S. The van der Waals surface area contributed by atoms with E-state index in [0.717, 1.165) is 10.9 Å². The lowest BCUT2D eigenvalue weighted by Gasteiger charge is -2.03. The normalized spacial score (nSPS) is 11.9. The molecule has 15 heavy (non-hydrogen) atoms. The van der Waals surface area contributed by atoms with Gasteiger partial charge >= 0.3 is 0 Å². The third-order valence-corrected chi connectivity index (χ3v) is 3.64. The fourth-order valence-electron chi connectivity index (χ4n) is 1.57. The monoisotopic (exact) mass is 240 g/mol. The minimum Gasteiger partial charge on any atom is -0.207 e. The number of rotatable bonds is 1. The highest BCUT2D eigenvalue weighted by atomic mass is 35.7. The van der Waals surface area contributed by atoms with E-state index in [4.69, 9.17) is 10.7 Å². The van der Waals surface area contributed by atoms with Gasteiger partial charge in [-0.3, -0.25) is 0 Å². The van der Waals surface area contributed by atoms with Gasteiger partial charge in [0.2, 0.25) is 0 Å². The maximum Gasteiger partial charge on any atom is 0.261 e. The van der Waals surface area contributed by atoms with Crippen molar-refractivity contribution in [3.8, 4) is 0 Å². The minimum atomic E-state index is -3.67. The molecule has 0 heterocycles. The Kier molecular flexibility index (Phi) is 2.44. The first kappa shape index (κ1) is 10.5. The van der Waals surface area contributed by atoms with Gasteiger partial charge in [0.15, 0.2) is 0 Å². The smallest absolute Gasteiger partial charge is 0.207 e. The lowest BCUT2D eigenvalue weighted by Crippen LogP contribution is -1.92. The highest BCUT2D eigenvalue weighted by Crippen LogP contribution is 2.26. The Bertz CT molecular complexity index is 618. The summed E-state index contributed by atoms with van der Waals surface area (Å²) in [6, 6.07) is 10.7. The Labute approximate surface area is 92.9 Å². The van der Waals surface area contributed by atoms with Gasteiger partial charge in [-0.05, 0) is 18.4 Å². The highest BCUT2D eigenvalue weighted by Gasteiger charge is 2.13. The molecule has 2 nitrogen and oxygen atoms in total. The molecule has 0 aliphatic rings. The molecule has 0 saturated heterocycles. The number of fused-ring (bicyclic) bond motifs is 1. The fraction of sp³-hybridized carbons (Fsp3) is 0.0909. The number of hydrogen-bond donors (Lipinski definition) is 0. The number of hydrogen-bond acceptors (Lipinski definition) is 2. The van der Waals surface area contributed by atoms with Crippen LogP contribution in [0.1, 0.15) is 5.56 Å². The summed E-state index contributed by atoms with van der Waals surface area (Å²) in [5.41, 5.74) is 1.01. The molecule has 0 aromatic heterocycles. The van der Waals surface area contributed by atoms with Crippen LogP contribution in [0.15, 0.2) is 41.3 Å². The summed E-state index contributed by atoms with van der Waals surface area (Å²) in [4.78, 5) is 0.172. The quantitative estimate of drug-likeness (QED) is 0.718. The molecule has 2 aromatic rings. The van der Waals surface area contributed by atoms with E-state index >= 15 is 0 Å². The summed E-state index contributed by atoms with van der Waals surface area (Å²) in [7, 11) is 1.69. The van der Waals surface area contributed by atoms with Gasteiger partial charge in [-0.2, -0.15) is 0 Å². The van der Waals surface area contributed by atoms with Crippen LogP contribution >= 0.6 is 10.7 Å². The summed E-state index contributed by atoms with van der Waals surface area (Å²) in [5.74, 6) is 0. The van der Waals surface area contributed by atoms with Gasteiger partial charge < -0.3 is 0 Å². The first-order valence-corrected chi connectivity index (χ1v) is 6.73. The fourth-order valence-corrected chi connectivity index (χ4v) is 2.65. The van der Waals surface area contributed by atoms with E-state index in [1.165, 1.54) is 6.07 Å². The molecule has 4 heteroatoms. The van der Waals surface area contributed by atoms with Gasteiger partial charge in [0.05, 0.1) is 4.90 Å². The minimum absolute atomic E-state index is 0.172. The van der Waals surface area contributed by atoms with Crippen molar-refractivity contribution in [2.75, 3.05) is 0 Å². The maximum absolute atomic E-state index is 11.3. The van der Waals surface area contributed by atoms with Crippen LogP contribution in [0.25, 0.3) is 10.8 Å². The molecular weight excluding hydrogens is 232 g/mol. The van der Waals surface area contributed by atoms with Gasteiger partial charge in [0.25, 0.3) is 9.05 Å². The molecule has 78 valence electrons. The predicted molar refractivity (Wildman–Crippen MR) is 61.7 cm³/mol. The second kappa shape index (κ2) is 3.51. The van der Waals surface area contributed by atoms with Crippen LogP contribution in [0, 0.1) is 6.92 Å². The first-order valence-electron chi connectivity index (χ1n) is 4.42. The van der Waals surface area contributed by atoms with E-state index in [1.54, 1.807) is 6.07 Å². The third kappa shape index (κ3) is 1.98. The van der Waals surface area contributed by atoms with E-state index in [2.05, 4.69) is 0 Å². The van der Waals surface area contributed by atoms with E-state index in [1.807, 2.05) is 31.2 Å². The molecule has 2 aromatic carbocycles. The zero-order valence-electron chi connectivity index (χ0n) is 8.07. The van der Waals surface area contributed by atoms with E-state index in [-0.39, 0.29) is 4.90 Å². The summed E-state index contributed by atoms with van der Waals surface area (Å²) < 4.78 is 22.6. The summed E-state index contributed by atoms with van der Waals surface area (Å²) in [6.07, 6.45) is 0. The lowest BCUT2D eigenvalue weighted by molar-refractivity contribution is 0.610. The predicted octanol–water partition coefficient (Wildman–Crippen LogP) is 3.08. The molecule has 0 amide bonds. The van der Waals surface area contributed by atoms with Gasteiger partial charge in [0, 0.05) is 16.1 Å². The molecule has 0 N–H and O–H groups in total. The van der Waals surface area contributed by atoms with Crippen molar-refractivity contribution in [1.29, 1.82) is 0 Å². The summed E-state index contributed by atoms with van der Waals surface area (Å²) >= 11 is 0. The van der Waals surface area contributed by atoms with Crippen molar-refractivity contribution >= 4 is 30.5 Å². The van der Waals surface area contributed by atoms with Crippen molar-refractivity contribution in [3.05, 3.63) is 42.0 Å². The molecule has 0 aliphatic carbocycles. The molecule has 0 radical (unpaired) electrons. The molecule has 2 rings (SSSR count). The lowest BCUT2D eigenvalue weighted by atomic mass is 10.1. The SMILES string of the molecule is Cc1ccc2cccc(S(=O)(=O)Cl)c2c1. The van der Waals surface area contributed by atoms with E-state index in [9.17, 15) is 8.42 Å². The van der Waals surface area contributed by atoms with Crippen LogP contribution in [-0.2, 0) is 9.05 Å². The van der Waals surface area contributed by atoms with Crippen molar-refractivity contribution in [2.24, 2.45) is 0 Å². The zero-order chi connectivity index (χ0) is 11.1. The Balaban J connectivity index is 2.92. The second-order valence-corrected chi connectivity index (χ2v) is 5.95. The first-order chi connectivity index (χ1) is 6.98. The van der Waals surface area contributed by atoms with Gasteiger partial charge in [-0.25, -0.2) is 8.42 Å². The average molecular weight is 241 g/mol.